The molecule has 1 aromatic heterocycles. The highest BCUT2D eigenvalue weighted by atomic mass is 35.5. The molecule has 0 bridgehead atoms. The second kappa shape index (κ2) is 4.10. The molecule has 3 nitrogen and oxygen atoms in total. The first-order valence-corrected chi connectivity index (χ1v) is 5.27. The van der Waals surface area contributed by atoms with Crippen molar-refractivity contribution < 1.29 is 4.79 Å². The topological polar surface area (TPSA) is 34.9 Å². The van der Waals surface area contributed by atoms with E-state index in [0.29, 0.717) is 10.6 Å². The van der Waals surface area contributed by atoms with E-state index in [1.807, 2.05) is 24.6 Å². The lowest BCUT2D eigenvalue weighted by Gasteiger charge is -2.08. The van der Waals surface area contributed by atoms with Crippen molar-refractivity contribution in [2.75, 3.05) is 0 Å². The van der Waals surface area contributed by atoms with Crippen molar-refractivity contribution >= 4 is 17.9 Å². The number of aryl methyl sites for hydroxylation is 2. The number of hydrogen-bond acceptors (Lipinski definition) is 2. The van der Waals surface area contributed by atoms with E-state index in [1.54, 1.807) is 18.2 Å². The van der Waals surface area contributed by atoms with Gasteiger partial charge in [0.25, 0.3) is 0 Å². The summed E-state index contributed by atoms with van der Waals surface area (Å²) in [5.74, 6) is 0.836. The number of imidazole rings is 1. The number of rotatable bonds is 2. The van der Waals surface area contributed by atoms with Crippen LogP contribution in [0.1, 0.15) is 21.9 Å². The molecule has 2 aromatic rings. The van der Waals surface area contributed by atoms with Gasteiger partial charge in [-0.25, -0.2) is 4.98 Å². The number of halogens is 1. The number of aromatic nitrogens is 2. The summed E-state index contributed by atoms with van der Waals surface area (Å²) in [5.41, 5.74) is 2.28. The summed E-state index contributed by atoms with van der Waals surface area (Å²) in [6.07, 6.45) is 2.70. The number of hydrogen-bond donors (Lipinski definition) is 0. The summed E-state index contributed by atoms with van der Waals surface area (Å²) in [6, 6.07) is 5.17. The Balaban J connectivity index is 2.66. The van der Waals surface area contributed by atoms with Gasteiger partial charge in [0, 0.05) is 16.8 Å². The third-order valence-electron chi connectivity index (χ3n) is 2.38. The number of carbonyl (C=O) groups excluding carboxylic acids is 1. The van der Waals surface area contributed by atoms with Crippen molar-refractivity contribution in [1.82, 2.24) is 9.55 Å². The average Bonchev–Trinajstić information content (AvgIpc) is 2.57. The van der Waals surface area contributed by atoms with Crippen LogP contribution in [0.5, 0.6) is 0 Å². The highest BCUT2D eigenvalue weighted by Gasteiger charge is 2.08. The van der Waals surface area contributed by atoms with Crippen LogP contribution in [0, 0.1) is 13.8 Å². The zero-order valence-electron chi connectivity index (χ0n) is 9.07. The van der Waals surface area contributed by atoms with Crippen molar-refractivity contribution in [3.8, 4) is 5.69 Å². The third-order valence-corrected chi connectivity index (χ3v) is 2.62. The second-order valence-electron chi connectivity index (χ2n) is 3.62. The lowest BCUT2D eigenvalue weighted by molar-refractivity contribution is 0.112. The highest BCUT2D eigenvalue weighted by Crippen LogP contribution is 2.20. The lowest BCUT2D eigenvalue weighted by atomic mass is 10.2. The molecule has 0 amide bonds. The number of nitrogens with zero attached hydrogens (tertiary/aromatic N) is 2. The van der Waals surface area contributed by atoms with Crippen LogP contribution in [0.25, 0.3) is 5.69 Å². The number of aldehydes is 1. The van der Waals surface area contributed by atoms with Crippen LogP contribution < -0.4 is 0 Å². The van der Waals surface area contributed by atoms with Crippen molar-refractivity contribution in [2.45, 2.75) is 13.8 Å². The minimum atomic E-state index is 0.602. The van der Waals surface area contributed by atoms with Crippen LogP contribution in [-0.4, -0.2) is 15.8 Å². The van der Waals surface area contributed by atoms with Crippen molar-refractivity contribution in [3.63, 3.8) is 0 Å². The SMILES string of the molecule is Cc1cn(-c2cc(Cl)ccc2C=O)c(C)n1. The van der Waals surface area contributed by atoms with Crippen LogP contribution in [0.3, 0.4) is 0 Å². The van der Waals surface area contributed by atoms with E-state index in [0.717, 1.165) is 23.5 Å². The lowest BCUT2D eigenvalue weighted by Crippen LogP contribution is -2.00. The van der Waals surface area contributed by atoms with Gasteiger partial charge < -0.3 is 4.57 Å². The summed E-state index contributed by atoms with van der Waals surface area (Å²) in [6.45, 7) is 3.80. The molecule has 1 heterocycles. The fraction of sp³-hybridized carbons (Fsp3) is 0.167. The van der Waals surface area contributed by atoms with E-state index in [9.17, 15) is 4.79 Å². The zero-order valence-corrected chi connectivity index (χ0v) is 9.82. The molecule has 0 aliphatic carbocycles. The monoisotopic (exact) mass is 234 g/mol. The Bertz CT molecular complexity index is 546. The smallest absolute Gasteiger partial charge is 0.152 e. The van der Waals surface area contributed by atoms with Crippen LogP contribution >= 0.6 is 11.6 Å². The van der Waals surface area contributed by atoms with Crippen LogP contribution in [0.4, 0.5) is 0 Å². The highest BCUT2D eigenvalue weighted by molar-refractivity contribution is 6.30. The third kappa shape index (κ3) is 1.86. The Hall–Kier alpha value is -1.61. The molecule has 4 heteroatoms. The molecule has 0 N–H and O–H groups in total. The van der Waals surface area contributed by atoms with Crippen molar-refractivity contribution in [3.05, 3.63) is 46.5 Å². The van der Waals surface area contributed by atoms with E-state index in [-0.39, 0.29) is 0 Å². The molecule has 16 heavy (non-hydrogen) atoms. The Labute approximate surface area is 98.7 Å². The van der Waals surface area contributed by atoms with Crippen LogP contribution in [-0.2, 0) is 0 Å². The number of benzene rings is 1. The van der Waals surface area contributed by atoms with E-state index < -0.39 is 0 Å². The fourth-order valence-corrected chi connectivity index (χ4v) is 1.85. The number of carbonyl (C=O) groups is 1. The molecule has 0 fully saturated rings. The Kier molecular flexibility index (Phi) is 2.79. The molecular weight excluding hydrogens is 224 g/mol. The summed E-state index contributed by atoms with van der Waals surface area (Å²) < 4.78 is 1.87. The maximum Gasteiger partial charge on any atom is 0.152 e. The Morgan fingerprint density at radius 3 is 2.69 bits per heavy atom. The quantitative estimate of drug-likeness (QED) is 0.749. The van der Waals surface area contributed by atoms with Gasteiger partial charge in [-0.3, -0.25) is 4.79 Å². The van der Waals surface area contributed by atoms with Gasteiger partial charge in [0.1, 0.15) is 5.82 Å². The molecule has 0 unspecified atom stereocenters. The molecule has 1 aromatic carbocycles. The van der Waals surface area contributed by atoms with Crippen LogP contribution in [0.2, 0.25) is 5.02 Å². The normalized spacial score (nSPS) is 10.4. The van der Waals surface area contributed by atoms with Gasteiger partial charge in [-0.15, -0.1) is 0 Å². The van der Waals surface area contributed by atoms with Gasteiger partial charge in [0.15, 0.2) is 6.29 Å². The first kappa shape index (κ1) is 10.9. The standard InChI is InChI=1S/C12H11ClN2O/c1-8-6-15(9(2)14-8)12-5-11(13)4-3-10(12)7-16/h3-7H,1-2H3. The maximum atomic E-state index is 11.0. The molecule has 0 aliphatic rings. The molecule has 0 radical (unpaired) electrons. The maximum absolute atomic E-state index is 11.0. The second-order valence-corrected chi connectivity index (χ2v) is 4.06. The predicted molar refractivity (Wildman–Crippen MR) is 63.4 cm³/mol. The summed E-state index contributed by atoms with van der Waals surface area (Å²) in [5, 5.41) is 0.603. The van der Waals surface area contributed by atoms with E-state index in [4.69, 9.17) is 11.6 Å². The van der Waals surface area contributed by atoms with Crippen LogP contribution in [0.15, 0.2) is 24.4 Å². The van der Waals surface area contributed by atoms with E-state index in [2.05, 4.69) is 4.98 Å². The molecule has 2 rings (SSSR count). The summed E-state index contributed by atoms with van der Waals surface area (Å²) in [4.78, 5) is 15.2. The van der Waals surface area contributed by atoms with Gasteiger partial charge in [0.2, 0.25) is 0 Å². The fourth-order valence-electron chi connectivity index (χ4n) is 1.69. The van der Waals surface area contributed by atoms with Crippen molar-refractivity contribution in [1.29, 1.82) is 0 Å². The molecule has 0 aliphatic heterocycles. The van der Waals surface area contributed by atoms with Gasteiger partial charge in [-0.05, 0) is 32.0 Å². The van der Waals surface area contributed by atoms with Gasteiger partial charge in [-0.1, -0.05) is 11.6 Å². The van der Waals surface area contributed by atoms with Gasteiger partial charge in [0.05, 0.1) is 11.4 Å². The minimum Gasteiger partial charge on any atom is -0.303 e. The molecule has 0 atom stereocenters. The zero-order chi connectivity index (χ0) is 11.7. The Morgan fingerprint density at radius 2 is 2.12 bits per heavy atom. The summed E-state index contributed by atoms with van der Waals surface area (Å²) in [7, 11) is 0. The van der Waals surface area contributed by atoms with Gasteiger partial charge >= 0.3 is 0 Å². The minimum absolute atomic E-state index is 0.602. The Morgan fingerprint density at radius 1 is 1.38 bits per heavy atom. The molecule has 0 saturated heterocycles. The first-order valence-electron chi connectivity index (χ1n) is 4.89. The van der Waals surface area contributed by atoms with Gasteiger partial charge in [-0.2, -0.15) is 0 Å². The first-order chi connectivity index (χ1) is 7.61. The average molecular weight is 235 g/mol. The molecule has 82 valence electrons. The van der Waals surface area contributed by atoms with Crippen molar-refractivity contribution in [2.24, 2.45) is 0 Å². The van der Waals surface area contributed by atoms with E-state index in [1.165, 1.54) is 0 Å². The molecule has 0 saturated carbocycles. The molecule has 0 spiro atoms. The largest absolute Gasteiger partial charge is 0.303 e. The predicted octanol–water partition coefficient (Wildman–Crippen LogP) is 2.96. The van der Waals surface area contributed by atoms with E-state index >= 15 is 0 Å². The molecular formula is C12H11ClN2O. The summed E-state index contributed by atoms with van der Waals surface area (Å²) >= 11 is 5.93.